The average molecular weight is 246 g/mol. The van der Waals surface area contributed by atoms with Crippen molar-refractivity contribution >= 4 is 13.6 Å². The van der Waals surface area contributed by atoms with Crippen molar-refractivity contribution in [1.29, 1.82) is 0 Å². The standard InChI is InChI=1S/C4H5F2O5P.2Na/c1-2(3(7)8)4(5,6)12(9,10)11;;/h1H2,(H,7,8)(H2,9,10,11);;/q;2*+1/p-2. The second-order valence-corrected chi connectivity index (χ2v) is 3.43. The molecule has 14 heavy (non-hydrogen) atoms. The van der Waals surface area contributed by atoms with Gasteiger partial charge in [-0.25, -0.2) is 0 Å². The van der Waals surface area contributed by atoms with Gasteiger partial charge in [-0.15, -0.1) is 0 Å². The molecule has 0 aliphatic rings. The third-order valence-corrected chi connectivity index (χ3v) is 1.94. The van der Waals surface area contributed by atoms with E-state index in [4.69, 9.17) is 4.89 Å². The summed E-state index contributed by atoms with van der Waals surface area (Å²) in [7, 11) is -6.08. The summed E-state index contributed by atoms with van der Waals surface area (Å²) in [5, 5.41) is 9.73. The van der Waals surface area contributed by atoms with Gasteiger partial charge in [-0.2, -0.15) is 8.78 Å². The van der Waals surface area contributed by atoms with E-state index in [0.717, 1.165) is 0 Å². The van der Waals surface area contributed by atoms with E-state index in [-0.39, 0.29) is 59.1 Å². The van der Waals surface area contributed by atoms with Crippen LogP contribution >= 0.6 is 7.60 Å². The van der Waals surface area contributed by atoms with E-state index in [2.05, 4.69) is 6.58 Å². The number of carboxylic acids is 1. The van der Waals surface area contributed by atoms with Crippen molar-refractivity contribution in [3.8, 4) is 0 Å². The monoisotopic (exact) mass is 246 g/mol. The number of halogens is 2. The number of hydrogen-bond acceptors (Lipinski definition) is 4. The molecule has 1 unspecified atom stereocenters. The molecule has 0 aromatic heterocycles. The fraction of sp³-hybridized carbons (Fsp3) is 0.250. The molecule has 10 heteroatoms. The van der Waals surface area contributed by atoms with E-state index >= 15 is 0 Å². The molecule has 0 radical (unpaired) electrons. The Morgan fingerprint density at radius 3 is 1.79 bits per heavy atom. The van der Waals surface area contributed by atoms with Crippen LogP contribution in [-0.2, 0) is 9.36 Å². The van der Waals surface area contributed by atoms with Crippen LogP contribution in [0.15, 0.2) is 12.2 Å². The number of rotatable bonds is 3. The minimum absolute atomic E-state index is 0. The molecule has 0 rings (SSSR count). The van der Waals surface area contributed by atoms with E-state index in [1.54, 1.807) is 0 Å². The first-order chi connectivity index (χ1) is 5.10. The van der Waals surface area contributed by atoms with Gasteiger partial charge >= 0.3 is 64.8 Å². The molecule has 1 N–H and O–H groups in total. The molecule has 0 spiro atoms. The van der Waals surface area contributed by atoms with Crippen molar-refractivity contribution < 1.29 is 92.1 Å². The zero-order chi connectivity index (χ0) is 10.2. The van der Waals surface area contributed by atoms with Gasteiger partial charge < -0.3 is 24.3 Å². The molecule has 1 atom stereocenters. The van der Waals surface area contributed by atoms with Gasteiger partial charge in [-0.1, -0.05) is 6.58 Å². The van der Waals surface area contributed by atoms with E-state index in [1.807, 2.05) is 0 Å². The van der Waals surface area contributed by atoms with Gasteiger partial charge in [0.05, 0.1) is 5.97 Å². The fourth-order valence-corrected chi connectivity index (χ4v) is 0.726. The Kier molecular flexibility index (Phi) is 9.90. The summed E-state index contributed by atoms with van der Waals surface area (Å²) in [5.41, 5.74) is -6.88. The molecule has 70 valence electrons. The average Bonchev–Trinajstić information content (AvgIpc) is 1.83. The van der Waals surface area contributed by atoms with Crippen LogP contribution in [0.25, 0.3) is 0 Å². The fourth-order valence-electron chi connectivity index (χ4n) is 0.293. The molecule has 0 bridgehead atoms. The number of hydrogen-bond donors (Lipinski definition) is 1. The quantitative estimate of drug-likeness (QED) is 0.303. The van der Waals surface area contributed by atoms with Crippen molar-refractivity contribution in [2.45, 2.75) is 5.66 Å². The largest absolute Gasteiger partial charge is 1.00 e. The second-order valence-electron chi connectivity index (χ2n) is 1.83. The first kappa shape index (κ1) is 20.6. The van der Waals surface area contributed by atoms with Crippen molar-refractivity contribution in [1.82, 2.24) is 0 Å². The number of aliphatic carboxylic acids is 1. The van der Waals surface area contributed by atoms with Gasteiger partial charge in [0.2, 0.25) is 7.60 Å². The normalized spacial score (nSPS) is 14.3. The first-order valence-corrected chi connectivity index (χ1v) is 4.01. The van der Waals surface area contributed by atoms with Crippen LogP contribution < -0.4 is 69.1 Å². The van der Waals surface area contributed by atoms with Crippen LogP contribution in [0.1, 0.15) is 0 Å². The molecule has 0 aliphatic carbocycles. The van der Waals surface area contributed by atoms with Crippen LogP contribution in [0.5, 0.6) is 0 Å². The van der Waals surface area contributed by atoms with Crippen molar-refractivity contribution in [2.24, 2.45) is 0 Å². The summed E-state index contributed by atoms with van der Waals surface area (Å²) in [6.45, 7) is 2.25. The zero-order valence-corrected chi connectivity index (χ0v) is 12.4. The minimum atomic E-state index is -6.08. The van der Waals surface area contributed by atoms with Gasteiger partial charge in [0.25, 0.3) is 0 Å². The SMILES string of the molecule is C=C(C(=O)[O-])C(F)(F)P(=O)([O-])O.[Na+].[Na+]. The molecule has 0 saturated heterocycles. The van der Waals surface area contributed by atoms with Crippen LogP contribution in [0.4, 0.5) is 8.78 Å². The summed E-state index contributed by atoms with van der Waals surface area (Å²) >= 11 is 0. The molecular weight excluding hydrogens is 243 g/mol. The maximum absolute atomic E-state index is 12.2. The van der Waals surface area contributed by atoms with Crippen molar-refractivity contribution in [3.05, 3.63) is 12.2 Å². The van der Waals surface area contributed by atoms with Crippen molar-refractivity contribution in [2.75, 3.05) is 0 Å². The molecule has 0 aromatic rings. The second kappa shape index (κ2) is 6.73. The Labute approximate surface area is 122 Å². The van der Waals surface area contributed by atoms with Crippen LogP contribution in [0.2, 0.25) is 0 Å². The maximum atomic E-state index is 12.2. The molecule has 0 aromatic carbocycles. The minimum Gasteiger partial charge on any atom is -0.774 e. The number of carbonyl (C=O) groups excluding carboxylic acids is 1. The Balaban J connectivity index is -0.000000605. The summed E-state index contributed by atoms with van der Waals surface area (Å²) in [4.78, 5) is 27.5. The van der Waals surface area contributed by atoms with E-state index in [9.17, 15) is 28.1 Å². The van der Waals surface area contributed by atoms with Crippen LogP contribution in [0, 0.1) is 0 Å². The Bertz CT molecular complexity index is 275. The first-order valence-electron chi connectivity index (χ1n) is 2.43. The summed E-state index contributed by atoms with van der Waals surface area (Å²) < 4.78 is 34.3. The molecule has 0 aliphatic heterocycles. The Hall–Kier alpha value is 1.22. The Morgan fingerprint density at radius 1 is 1.43 bits per heavy atom. The number of alkyl halides is 2. The third kappa shape index (κ3) is 4.83. The molecule has 5 nitrogen and oxygen atoms in total. The molecule has 0 saturated carbocycles. The smallest absolute Gasteiger partial charge is 0.774 e. The van der Waals surface area contributed by atoms with Gasteiger partial charge in [-0.05, 0) is 0 Å². The summed E-state index contributed by atoms with van der Waals surface area (Å²) in [6.07, 6.45) is 0. The Morgan fingerprint density at radius 2 is 1.71 bits per heavy atom. The van der Waals surface area contributed by atoms with Gasteiger partial charge in [-0.3, -0.25) is 0 Å². The predicted molar refractivity (Wildman–Crippen MR) is 28.9 cm³/mol. The van der Waals surface area contributed by atoms with Gasteiger partial charge in [0.1, 0.15) is 0 Å². The number of carbonyl (C=O) groups is 1. The van der Waals surface area contributed by atoms with Crippen LogP contribution in [0.3, 0.4) is 0 Å². The number of carboxylic acid groups (broad SMARTS) is 1. The maximum Gasteiger partial charge on any atom is 1.00 e. The summed E-state index contributed by atoms with van der Waals surface area (Å²) in [6, 6.07) is 0. The molecular formula is C4H3F2Na2O5P. The predicted octanol–water partition coefficient (Wildman–Crippen LogP) is -7.56. The third-order valence-electron chi connectivity index (χ3n) is 0.964. The van der Waals surface area contributed by atoms with Gasteiger partial charge in [0, 0.05) is 5.57 Å². The van der Waals surface area contributed by atoms with E-state index < -0.39 is 24.8 Å². The topological polar surface area (TPSA) is 100 Å². The molecule has 0 heterocycles. The molecule has 0 fully saturated rings. The zero-order valence-electron chi connectivity index (χ0n) is 7.49. The van der Waals surface area contributed by atoms with E-state index in [0.29, 0.717) is 0 Å². The van der Waals surface area contributed by atoms with Crippen molar-refractivity contribution in [3.63, 3.8) is 0 Å². The van der Waals surface area contributed by atoms with Gasteiger partial charge in [0.15, 0.2) is 0 Å². The summed E-state index contributed by atoms with van der Waals surface area (Å²) in [5.74, 6) is -2.44. The van der Waals surface area contributed by atoms with Crippen LogP contribution in [-0.4, -0.2) is 16.5 Å². The molecule has 0 amide bonds. The van der Waals surface area contributed by atoms with E-state index in [1.165, 1.54) is 0 Å².